The molecule has 0 radical (unpaired) electrons. The second kappa shape index (κ2) is 6.00. The third-order valence-corrected chi connectivity index (χ3v) is 4.10. The Morgan fingerprint density at radius 2 is 2.05 bits per heavy atom. The summed E-state index contributed by atoms with van der Waals surface area (Å²) in [5.41, 5.74) is 2.70. The molecule has 21 heavy (non-hydrogen) atoms. The summed E-state index contributed by atoms with van der Waals surface area (Å²) >= 11 is 11.7. The van der Waals surface area contributed by atoms with E-state index >= 15 is 0 Å². The number of halogens is 2. The summed E-state index contributed by atoms with van der Waals surface area (Å²) in [6, 6.07) is 9.59. The lowest BCUT2D eigenvalue weighted by Gasteiger charge is -2.26. The van der Waals surface area contributed by atoms with Crippen LogP contribution in [0.5, 0.6) is 0 Å². The predicted molar refractivity (Wildman–Crippen MR) is 81.6 cm³/mol. The Kier molecular flexibility index (Phi) is 4.08. The van der Waals surface area contributed by atoms with E-state index in [-0.39, 0.29) is 27.8 Å². The van der Waals surface area contributed by atoms with Gasteiger partial charge in [-0.25, -0.2) is 0 Å². The number of hydrogen-bond acceptors (Lipinski definition) is 3. The number of benzene rings is 1. The smallest absolute Gasteiger partial charge is 0.255 e. The normalized spacial score (nSPS) is 17.1. The number of rotatable bonds is 2. The van der Waals surface area contributed by atoms with Crippen molar-refractivity contribution in [2.75, 3.05) is 0 Å². The molecule has 0 bridgehead atoms. The largest absolute Gasteiger partial charge is 0.345 e. The van der Waals surface area contributed by atoms with E-state index in [0.717, 1.165) is 19.3 Å². The van der Waals surface area contributed by atoms with Crippen LogP contribution in [0.2, 0.25) is 10.3 Å². The fraction of sp³-hybridized carbons (Fsp3) is 0.267. The quantitative estimate of drug-likeness (QED) is 0.919. The maximum Gasteiger partial charge on any atom is 0.255 e. The van der Waals surface area contributed by atoms with Crippen LogP contribution < -0.4 is 5.32 Å². The highest BCUT2D eigenvalue weighted by Crippen LogP contribution is 2.30. The van der Waals surface area contributed by atoms with Gasteiger partial charge < -0.3 is 5.32 Å². The highest BCUT2D eigenvalue weighted by atomic mass is 35.5. The number of carbonyl (C=O) groups excluding carboxylic acids is 1. The molecule has 1 atom stereocenters. The number of hydrogen-bond donors (Lipinski definition) is 1. The average Bonchev–Trinajstić information content (AvgIpc) is 2.50. The van der Waals surface area contributed by atoms with Crippen molar-refractivity contribution in [3.05, 3.63) is 57.3 Å². The van der Waals surface area contributed by atoms with E-state index < -0.39 is 0 Å². The van der Waals surface area contributed by atoms with Crippen LogP contribution in [0, 0.1) is 0 Å². The van der Waals surface area contributed by atoms with Crippen LogP contribution in [-0.4, -0.2) is 16.1 Å². The van der Waals surface area contributed by atoms with E-state index in [1.807, 2.05) is 12.1 Å². The van der Waals surface area contributed by atoms with Crippen molar-refractivity contribution < 1.29 is 4.79 Å². The van der Waals surface area contributed by atoms with Crippen molar-refractivity contribution in [1.82, 2.24) is 15.5 Å². The zero-order chi connectivity index (χ0) is 14.8. The molecule has 1 heterocycles. The van der Waals surface area contributed by atoms with E-state index in [9.17, 15) is 4.79 Å². The van der Waals surface area contributed by atoms with Gasteiger partial charge in [0.15, 0.2) is 10.3 Å². The Balaban J connectivity index is 1.84. The Hall–Kier alpha value is -1.65. The van der Waals surface area contributed by atoms with Gasteiger partial charge in [-0.3, -0.25) is 4.79 Å². The summed E-state index contributed by atoms with van der Waals surface area (Å²) in [5, 5.41) is 10.5. The molecule has 1 unspecified atom stereocenters. The standard InChI is InChI=1S/C15H13Cl2N3O/c16-13-8-11(14(17)20-19-13)15(21)18-12-7-3-5-9-4-1-2-6-10(9)12/h1-2,4,6,8,12H,3,5,7H2,(H,18,21). The lowest BCUT2D eigenvalue weighted by molar-refractivity contribution is 0.0932. The fourth-order valence-corrected chi connectivity index (χ4v) is 2.98. The maximum absolute atomic E-state index is 12.4. The zero-order valence-electron chi connectivity index (χ0n) is 11.1. The first kappa shape index (κ1) is 14.3. The van der Waals surface area contributed by atoms with E-state index in [1.54, 1.807) is 0 Å². The molecule has 0 saturated heterocycles. The topological polar surface area (TPSA) is 54.9 Å². The van der Waals surface area contributed by atoms with Crippen molar-refractivity contribution in [2.45, 2.75) is 25.3 Å². The number of nitrogens with zero attached hydrogens (tertiary/aromatic N) is 2. The summed E-state index contributed by atoms with van der Waals surface area (Å²) in [7, 11) is 0. The van der Waals surface area contributed by atoms with E-state index in [4.69, 9.17) is 23.2 Å². The van der Waals surface area contributed by atoms with Crippen molar-refractivity contribution in [1.29, 1.82) is 0 Å². The van der Waals surface area contributed by atoms with Crippen LogP contribution >= 0.6 is 23.2 Å². The average molecular weight is 322 g/mol. The molecular formula is C15H13Cl2N3O. The van der Waals surface area contributed by atoms with Gasteiger partial charge in [-0.05, 0) is 36.5 Å². The molecule has 0 saturated carbocycles. The molecule has 3 rings (SSSR count). The van der Waals surface area contributed by atoms with Gasteiger partial charge >= 0.3 is 0 Å². The second-order valence-electron chi connectivity index (χ2n) is 4.99. The third kappa shape index (κ3) is 3.01. The second-order valence-corrected chi connectivity index (χ2v) is 5.73. The number of carbonyl (C=O) groups is 1. The van der Waals surface area contributed by atoms with Gasteiger partial charge in [0.1, 0.15) is 0 Å². The molecule has 1 aliphatic rings. The van der Waals surface area contributed by atoms with E-state index in [2.05, 4.69) is 27.6 Å². The molecule has 2 aromatic rings. The van der Waals surface area contributed by atoms with Gasteiger partial charge in [0.05, 0.1) is 11.6 Å². The summed E-state index contributed by atoms with van der Waals surface area (Å²) in [4.78, 5) is 12.4. The Morgan fingerprint density at radius 1 is 1.24 bits per heavy atom. The Morgan fingerprint density at radius 3 is 2.90 bits per heavy atom. The molecule has 1 aromatic carbocycles. The highest BCUT2D eigenvalue weighted by Gasteiger charge is 2.23. The summed E-state index contributed by atoms with van der Waals surface area (Å²) in [6.45, 7) is 0. The van der Waals surface area contributed by atoms with Crippen LogP contribution in [-0.2, 0) is 6.42 Å². The predicted octanol–water partition coefficient (Wildman–Crippen LogP) is 3.59. The van der Waals surface area contributed by atoms with Crippen LogP contribution in [0.25, 0.3) is 0 Å². The maximum atomic E-state index is 12.4. The van der Waals surface area contributed by atoms with Crippen molar-refractivity contribution in [3.63, 3.8) is 0 Å². The van der Waals surface area contributed by atoms with Crippen LogP contribution in [0.1, 0.15) is 40.4 Å². The van der Waals surface area contributed by atoms with Gasteiger partial charge in [-0.2, -0.15) is 0 Å². The Labute approximate surface area is 132 Å². The highest BCUT2D eigenvalue weighted by molar-refractivity contribution is 6.34. The summed E-state index contributed by atoms with van der Waals surface area (Å²) in [5.74, 6) is -0.279. The molecule has 0 aliphatic heterocycles. The molecule has 1 amide bonds. The SMILES string of the molecule is O=C(NC1CCCc2ccccc21)c1cc(Cl)nnc1Cl. The van der Waals surface area contributed by atoms with Gasteiger partial charge in [0.2, 0.25) is 0 Å². The van der Waals surface area contributed by atoms with Crippen LogP contribution in [0.3, 0.4) is 0 Å². The molecule has 1 aromatic heterocycles. The molecule has 108 valence electrons. The molecule has 6 heteroatoms. The first-order chi connectivity index (χ1) is 10.1. The number of nitrogens with one attached hydrogen (secondary N) is 1. The minimum absolute atomic E-state index is 0.00884. The summed E-state index contributed by atoms with van der Waals surface area (Å²) in [6.07, 6.45) is 3.00. The number of amides is 1. The lowest BCUT2D eigenvalue weighted by Crippen LogP contribution is -2.31. The van der Waals surface area contributed by atoms with Gasteiger partial charge in [-0.1, -0.05) is 47.5 Å². The lowest BCUT2D eigenvalue weighted by atomic mass is 9.87. The van der Waals surface area contributed by atoms with Crippen molar-refractivity contribution in [3.8, 4) is 0 Å². The van der Waals surface area contributed by atoms with Gasteiger partial charge in [0, 0.05) is 0 Å². The monoisotopic (exact) mass is 321 g/mol. The van der Waals surface area contributed by atoms with Crippen molar-refractivity contribution in [2.24, 2.45) is 0 Å². The number of aryl methyl sites for hydroxylation is 1. The number of fused-ring (bicyclic) bond motifs is 1. The molecule has 0 fully saturated rings. The van der Waals surface area contributed by atoms with Crippen LogP contribution in [0.4, 0.5) is 0 Å². The Bertz CT molecular complexity index is 690. The first-order valence-electron chi connectivity index (χ1n) is 6.72. The zero-order valence-corrected chi connectivity index (χ0v) is 12.7. The van der Waals surface area contributed by atoms with E-state index in [1.165, 1.54) is 17.2 Å². The minimum atomic E-state index is -0.279. The third-order valence-electron chi connectivity index (χ3n) is 3.64. The molecule has 4 nitrogen and oxygen atoms in total. The van der Waals surface area contributed by atoms with Gasteiger partial charge in [0.25, 0.3) is 5.91 Å². The fourth-order valence-electron chi connectivity index (χ4n) is 2.65. The molecule has 1 aliphatic carbocycles. The summed E-state index contributed by atoms with van der Waals surface area (Å²) < 4.78 is 0. The minimum Gasteiger partial charge on any atom is -0.345 e. The molecular weight excluding hydrogens is 309 g/mol. The van der Waals surface area contributed by atoms with E-state index in [0.29, 0.717) is 0 Å². The van der Waals surface area contributed by atoms with Crippen LogP contribution in [0.15, 0.2) is 30.3 Å². The first-order valence-corrected chi connectivity index (χ1v) is 7.48. The molecule has 1 N–H and O–H groups in total. The molecule has 0 spiro atoms. The van der Waals surface area contributed by atoms with Crippen molar-refractivity contribution >= 4 is 29.1 Å². The van der Waals surface area contributed by atoms with Gasteiger partial charge in [-0.15, -0.1) is 10.2 Å². The number of aromatic nitrogens is 2.